The number of piperidine rings is 1. The third-order valence-electron chi connectivity index (χ3n) is 6.86. The maximum atomic E-state index is 5.71. The number of hydrogen-bond donors (Lipinski definition) is 2. The van der Waals surface area contributed by atoms with Gasteiger partial charge in [0.25, 0.3) is 0 Å². The van der Waals surface area contributed by atoms with Gasteiger partial charge in [-0.05, 0) is 72.4 Å². The minimum absolute atomic E-state index is 0. The SMILES string of the molecule is CCNC(=NCC1(N2CCCC2)CCOCC1)NC1CCN(CCOC(C)C)CC1.I. The van der Waals surface area contributed by atoms with Crippen LogP contribution in [0.3, 0.4) is 0 Å². The van der Waals surface area contributed by atoms with Crippen LogP contribution in [0.2, 0.25) is 0 Å². The van der Waals surface area contributed by atoms with Crippen molar-refractivity contribution in [1.29, 1.82) is 0 Å². The number of aliphatic imine (C=N–C) groups is 1. The summed E-state index contributed by atoms with van der Waals surface area (Å²) in [6, 6.07) is 0.502. The van der Waals surface area contributed by atoms with E-state index in [1.54, 1.807) is 0 Å². The van der Waals surface area contributed by atoms with Crippen molar-refractivity contribution < 1.29 is 9.47 Å². The van der Waals surface area contributed by atoms with Gasteiger partial charge in [-0.1, -0.05) is 0 Å². The monoisotopic (exact) mass is 551 g/mol. The minimum atomic E-state index is 0. The van der Waals surface area contributed by atoms with E-state index in [2.05, 4.69) is 41.2 Å². The second-order valence-electron chi connectivity index (χ2n) is 9.41. The Morgan fingerprint density at radius 3 is 2.42 bits per heavy atom. The number of nitrogens with zero attached hydrogens (tertiary/aromatic N) is 3. The zero-order valence-electron chi connectivity index (χ0n) is 20.0. The molecule has 8 heteroatoms. The van der Waals surface area contributed by atoms with Gasteiger partial charge in [0.1, 0.15) is 0 Å². The number of likely N-dealkylation sites (tertiary alicyclic amines) is 2. The molecule has 3 fully saturated rings. The van der Waals surface area contributed by atoms with Gasteiger partial charge in [0.2, 0.25) is 0 Å². The van der Waals surface area contributed by atoms with E-state index in [-0.39, 0.29) is 29.5 Å². The van der Waals surface area contributed by atoms with Gasteiger partial charge in [0.15, 0.2) is 5.96 Å². The maximum absolute atomic E-state index is 5.71. The fourth-order valence-electron chi connectivity index (χ4n) is 4.98. The lowest BCUT2D eigenvalue weighted by Gasteiger charge is -2.43. The highest BCUT2D eigenvalue weighted by Gasteiger charge is 2.39. The Morgan fingerprint density at radius 2 is 1.81 bits per heavy atom. The molecule has 0 aromatic carbocycles. The van der Waals surface area contributed by atoms with E-state index in [1.165, 1.54) is 25.9 Å². The second-order valence-corrected chi connectivity index (χ2v) is 9.41. The number of guanidine groups is 1. The van der Waals surface area contributed by atoms with Crippen LogP contribution < -0.4 is 10.6 Å². The summed E-state index contributed by atoms with van der Waals surface area (Å²) in [5, 5.41) is 7.22. The molecule has 7 nitrogen and oxygen atoms in total. The van der Waals surface area contributed by atoms with Gasteiger partial charge in [-0.15, -0.1) is 24.0 Å². The number of halogens is 1. The quantitative estimate of drug-likeness (QED) is 0.261. The van der Waals surface area contributed by atoms with Crippen LogP contribution in [-0.4, -0.2) is 99.1 Å². The second kappa shape index (κ2) is 14.2. The van der Waals surface area contributed by atoms with Crippen LogP contribution in [0.25, 0.3) is 0 Å². The maximum Gasteiger partial charge on any atom is 0.191 e. The molecule has 0 unspecified atom stereocenters. The average molecular weight is 552 g/mol. The molecule has 31 heavy (non-hydrogen) atoms. The Labute approximate surface area is 207 Å². The van der Waals surface area contributed by atoms with Crippen LogP contribution >= 0.6 is 24.0 Å². The standard InChI is InChI=1S/C23H45N5O2.HI/c1-4-24-22(26-21-7-13-27(14-8-21)15-18-30-20(2)3)25-19-23(9-16-29-17-10-23)28-11-5-6-12-28;/h20-21H,4-19H2,1-3H3,(H2,24,25,26);1H. The Bertz CT molecular complexity index is 514. The molecule has 3 rings (SSSR count). The Kier molecular flexibility index (Phi) is 12.4. The fourth-order valence-corrected chi connectivity index (χ4v) is 4.98. The van der Waals surface area contributed by atoms with Gasteiger partial charge < -0.3 is 25.0 Å². The molecule has 0 aromatic heterocycles. The van der Waals surface area contributed by atoms with Crippen LogP contribution in [0.1, 0.15) is 59.3 Å². The van der Waals surface area contributed by atoms with E-state index in [0.717, 1.165) is 84.2 Å². The number of ether oxygens (including phenoxy) is 2. The summed E-state index contributed by atoms with van der Waals surface area (Å²) in [6.07, 6.45) is 7.51. The van der Waals surface area contributed by atoms with Crippen molar-refractivity contribution in [3.63, 3.8) is 0 Å². The van der Waals surface area contributed by atoms with Gasteiger partial charge in [-0.2, -0.15) is 0 Å². The summed E-state index contributed by atoms with van der Waals surface area (Å²) in [6.45, 7) is 16.5. The molecular formula is C23H46IN5O2. The third-order valence-corrected chi connectivity index (χ3v) is 6.86. The molecule has 3 saturated heterocycles. The van der Waals surface area contributed by atoms with Crippen molar-refractivity contribution in [2.75, 3.05) is 65.6 Å². The van der Waals surface area contributed by atoms with Crippen LogP contribution in [0.15, 0.2) is 4.99 Å². The molecule has 0 amide bonds. The highest BCUT2D eigenvalue weighted by atomic mass is 127. The van der Waals surface area contributed by atoms with E-state index in [9.17, 15) is 0 Å². The van der Waals surface area contributed by atoms with Crippen LogP contribution in [0.4, 0.5) is 0 Å². The molecule has 0 bridgehead atoms. The predicted molar refractivity (Wildman–Crippen MR) is 139 cm³/mol. The summed E-state index contributed by atoms with van der Waals surface area (Å²) in [7, 11) is 0. The molecule has 3 aliphatic rings. The van der Waals surface area contributed by atoms with Crippen molar-refractivity contribution in [1.82, 2.24) is 20.4 Å². The minimum Gasteiger partial charge on any atom is -0.381 e. The molecular weight excluding hydrogens is 505 g/mol. The van der Waals surface area contributed by atoms with Crippen LogP contribution in [0.5, 0.6) is 0 Å². The molecule has 3 heterocycles. The lowest BCUT2D eigenvalue weighted by atomic mass is 9.88. The van der Waals surface area contributed by atoms with Gasteiger partial charge in [-0.25, -0.2) is 0 Å². The van der Waals surface area contributed by atoms with Crippen LogP contribution in [0, 0.1) is 0 Å². The first-order valence-electron chi connectivity index (χ1n) is 12.3. The average Bonchev–Trinajstić information content (AvgIpc) is 3.30. The third kappa shape index (κ3) is 8.61. The predicted octanol–water partition coefficient (Wildman–Crippen LogP) is 2.69. The van der Waals surface area contributed by atoms with Gasteiger partial charge in [0, 0.05) is 51.0 Å². The molecule has 3 aliphatic heterocycles. The first-order valence-corrected chi connectivity index (χ1v) is 12.3. The van der Waals surface area contributed by atoms with E-state index < -0.39 is 0 Å². The highest BCUT2D eigenvalue weighted by Crippen LogP contribution is 2.31. The summed E-state index contributed by atoms with van der Waals surface area (Å²) >= 11 is 0. The summed E-state index contributed by atoms with van der Waals surface area (Å²) < 4.78 is 11.4. The zero-order chi connectivity index (χ0) is 21.2. The molecule has 0 atom stereocenters. The van der Waals surface area contributed by atoms with Crippen molar-refractivity contribution in [2.24, 2.45) is 4.99 Å². The topological polar surface area (TPSA) is 61.4 Å². The van der Waals surface area contributed by atoms with Crippen molar-refractivity contribution in [3.8, 4) is 0 Å². The first-order chi connectivity index (χ1) is 14.6. The van der Waals surface area contributed by atoms with Gasteiger partial charge in [-0.3, -0.25) is 9.89 Å². The number of rotatable bonds is 9. The van der Waals surface area contributed by atoms with Crippen molar-refractivity contribution in [3.05, 3.63) is 0 Å². The first kappa shape index (κ1) is 27.1. The van der Waals surface area contributed by atoms with Crippen molar-refractivity contribution >= 4 is 29.9 Å². The fraction of sp³-hybridized carbons (Fsp3) is 0.957. The highest BCUT2D eigenvalue weighted by molar-refractivity contribution is 14.0. The molecule has 2 N–H and O–H groups in total. The smallest absolute Gasteiger partial charge is 0.191 e. The number of hydrogen-bond acceptors (Lipinski definition) is 5. The largest absolute Gasteiger partial charge is 0.381 e. The van der Waals surface area contributed by atoms with Gasteiger partial charge >= 0.3 is 0 Å². The molecule has 0 aliphatic carbocycles. The molecule has 0 aromatic rings. The zero-order valence-corrected chi connectivity index (χ0v) is 22.4. The molecule has 182 valence electrons. The molecule has 0 spiro atoms. The van der Waals surface area contributed by atoms with Gasteiger partial charge in [0.05, 0.1) is 19.3 Å². The van der Waals surface area contributed by atoms with E-state index in [4.69, 9.17) is 14.5 Å². The van der Waals surface area contributed by atoms with E-state index in [0.29, 0.717) is 12.1 Å². The van der Waals surface area contributed by atoms with E-state index >= 15 is 0 Å². The van der Waals surface area contributed by atoms with Crippen molar-refractivity contribution in [2.45, 2.75) is 77.0 Å². The normalized spacial score (nSPS) is 23.7. The summed E-state index contributed by atoms with van der Waals surface area (Å²) in [5.74, 6) is 0.990. The number of nitrogens with one attached hydrogen (secondary N) is 2. The lowest BCUT2D eigenvalue weighted by molar-refractivity contribution is -0.0139. The Hall–Kier alpha value is -0.160. The summed E-state index contributed by atoms with van der Waals surface area (Å²) in [4.78, 5) is 10.3. The van der Waals surface area contributed by atoms with Crippen LogP contribution in [-0.2, 0) is 9.47 Å². The summed E-state index contributed by atoms with van der Waals surface area (Å²) in [5.41, 5.74) is 0.191. The van der Waals surface area contributed by atoms with E-state index in [1.807, 2.05) is 0 Å². The molecule has 0 radical (unpaired) electrons. The molecule has 0 saturated carbocycles. The Balaban J connectivity index is 0.00000341. The lowest BCUT2D eigenvalue weighted by Crippen LogP contribution is -2.54. The Morgan fingerprint density at radius 1 is 1.13 bits per heavy atom.